The number of thioether (sulfide) groups is 1. The number of carboxylic acid groups (broad SMARTS) is 1. The Morgan fingerprint density at radius 3 is 2.39 bits per heavy atom. The van der Waals surface area contributed by atoms with Crippen LogP contribution >= 0.6 is 11.8 Å². The van der Waals surface area contributed by atoms with E-state index >= 15 is 0 Å². The van der Waals surface area contributed by atoms with E-state index in [0.29, 0.717) is 46.6 Å². The predicted octanol–water partition coefficient (Wildman–Crippen LogP) is 6.45. The summed E-state index contributed by atoms with van der Waals surface area (Å²) < 4.78 is 22.3. The highest BCUT2D eigenvalue weighted by atomic mass is 32.2. The third kappa shape index (κ3) is 6.44. The van der Waals surface area contributed by atoms with Gasteiger partial charge in [0.2, 0.25) is 5.16 Å². The first kappa shape index (κ1) is 27.6. The number of carbonyl (C=O) groups is 1. The average molecular weight is 570 g/mol. The van der Waals surface area contributed by atoms with Crippen LogP contribution in [0.5, 0.6) is 23.0 Å². The molecule has 4 aromatic carbocycles. The first-order valence-corrected chi connectivity index (χ1v) is 13.3. The Hall–Kier alpha value is -4.96. The fourth-order valence-electron chi connectivity index (χ4n) is 4.22. The average Bonchev–Trinajstić information content (AvgIpc) is 3.48. The van der Waals surface area contributed by atoms with Crippen LogP contribution in [0.1, 0.15) is 11.1 Å². The smallest absolute Gasteiger partial charge is 0.342 e. The molecule has 5 rings (SSSR count). The number of fused-ring (bicyclic) bond motifs is 1. The van der Waals surface area contributed by atoms with Gasteiger partial charge in [0, 0.05) is 11.6 Å². The molecule has 41 heavy (non-hydrogen) atoms. The number of nitrogens with zero attached hydrogens (tertiary/aromatic N) is 2. The van der Waals surface area contributed by atoms with Crippen molar-refractivity contribution in [3.05, 3.63) is 94.9 Å². The molecule has 1 aromatic heterocycles. The van der Waals surface area contributed by atoms with Crippen molar-refractivity contribution >= 4 is 34.6 Å². The Morgan fingerprint density at radius 2 is 1.66 bits per heavy atom. The van der Waals surface area contributed by atoms with Gasteiger partial charge in [-0.25, -0.2) is 9.78 Å². The Labute approximate surface area is 240 Å². The Morgan fingerprint density at radius 1 is 0.902 bits per heavy atom. The van der Waals surface area contributed by atoms with Crippen LogP contribution in [0.15, 0.2) is 88.9 Å². The van der Waals surface area contributed by atoms with E-state index in [9.17, 15) is 9.90 Å². The molecular formula is C31H27N3O6S. The van der Waals surface area contributed by atoms with Gasteiger partial charge in [-0.15, -0.1) is 5.10 Å². The molecule has 0 aliphatic rings. The lowest BCUT2D eigenvalue weighted by molar-refractivity contribution is -0.131. The van der Waals surface area contributed by atoms with Crippen molar-refractivity contribution in [2.75, 3.05) is 21.3 Å². The number of aromatic amines is 1. The lowest BCUT2D eigenvalue weighted by Gasteiger charge is -2.13. The number of aromatic nitrogens is 3. The van der Waals surface area contributed by atoms with E-state index in [1.54, 1.807) is 57.7 Å². The number of methoxy groups -OCH3 is 3. The van der Waals surface area contributed by atoms with Crippen LogP contribution in [0.25, 0.3) is 28.2 Å². The lowest BCUT2D eigenvalue weighted by atomic mass is 10.1. The van der Waals surface area contributed by atoms with Gasteiger partial charge in [0.05, 0.1) is 21.3 Å². The zero-order valence-electron chi connectivity index (χ0n) is 22.6. The van der Waals surface area contributed by atoms with Crippen molar-refractivity contribution in [1.82, 2.24) is 15.2 Å². The van der Waals surface area contributed by atoms with Gasteiger partial charge < -0.3 is 24.1 Å². The number of rotatable bonds is 11. The summed E-state index contributed by atoms with van der Waals surface area (Å²) in [5.74, 6) is 1.56. The molecule has 0 saturated heterocycles. The Bertz CT molecular complexity index is 1710. The molecule has 9 nitrogen and oxygen atoms in total. The van der Waals surface area contributed by atoms with E-state index in [1.807, 2.05) is 24.3 Å². The number of H-pyrrole nitrogens is 1. The molecule has 0 spiro atoms. The molecule has 0 unspecified atom stereocenters. The van der Waals surface area contributed by atoms with E-state index in [4.69, 9.17) is 18.9 Å². The summed E-state index contributed by atoms with van der Waals surface area (Å²) in [6, 6.07) is 24.8. The highest BCUT2D eigenvalue weighted by molar-refractivity contribution is 8.04. The fourth-order valence-corrected chi connectivity index (χ4v) is 4.92. The van der Waals surface area contributed by atoms with Crippen molar-refractivity contribution in [2.24, 2.45) is 0 Å². The van der Waals surface area contributed by atoms with Crippen molar-refractivity contribution in [3.63, 3.8) is 0 Å². The van der Waals surface area contributed by atoms with E-state index in [-0.39, 0.29) is 10.1 Å². The van der Waals surface area contributed by atoms with Gasteiger partial charge in [-0.3, -0.25) is 5.10 Å². The van der Waals surface area contributed by atoms with Crippen LogP contribution in [-0.4, -0.2) is 47.6 Å². The number of aliphatic carboxylic acids is 1. The third-order valence-electron chi connectivity index (χ3n) is 6.25. The maximum atomic E-state index is 12.1. The van der Waals surface area contributed by atoms with Gasteiger partial charge in [-0.05, 0) is 64.0 Å². The molecule has 10 heteroatoms. The number of carboxylic acids is 1. The number of hydrogen-bond donors (Lipinski definition) is 2. The first-order valence-electron chi connectivity index (χ1n) is 12.5. The second kappa shape index (κ2) is 12.5. The number of ether oxygens (including phenoxy) is 4. The fraction of sp³-hybridized carbons (Fsp3) is 0.129. The van der Waals surface area contributed by atoms with E-state index in [2.05, 4.69) is 33.4 Å². The standard InChI is InChI=1S/C31H27N3O6S/c1-37-23-15-22(16-24(17-23)38-2)29-32-31(34-33-29)41-28(30(35)36)14-19-11-12-26(27(13-19)39-3)40-18-21-9-6-8-20-7-4-5-10-25(20)21/h4-17H,18H2,1-3H3,(H,35,36)(H,32,33,34)/b28-14-. The molecule has 0 bridgehead atoms. The molecule has 0 radical (unpaired) electrons. The largest absolute Gasteiger partial charge is 0.497 e. The van der Waals surface area contributed by atoms with Gasteiger partial charge in [0.25, 0.3) is 0 Å². The third-order valence-corrected chi connectivity index (χ3v) is 7.13. The summed E-state index contributed by atoms with van der Waals surface area (Å²) in [4.78, 5) is 16.6. The Balaban J connectivity index is 1.34. The summed E-state index contributed by atoms with van der Waals surface area (Å²) in [6.45, 7) is 0.357. The number of nitrogens with one attached hydrogen (secondary N) is 1. The minimum atomic E-state index is -1.11. The van der Waals surface area contributed by atoms with Crippen molar-refractivity contribution in [1.29, 1.82) is 0 Å². The van der Waals surface area contributed by atoms with Crippen LogP contribution in [-0.2, 0) is 11.4 Å². The SMILES string of the molecule is COc1cc(OC)cc(-c2nc(S/C(=C\c3ccc(OCc4cccc5ccccc45)c(OC)c3)C(=O)O)n[nH]2)c1. The van der Waals surface area contributed by atoms with Crippen LogP contribution in [0.3, 0.4) is 0 Å². The highest BCUT2D eigenvalue weighted by Crippen LogP contribution is 2.34. The summed E-state index contributed by atoms with van der Waals surface area (Å²) in [6.07, 6.45) is 1.54. The van der Waals surface area contributed by atoms with E-state index < -0.39 is 5.97 Å². The maximum absolute atomic E-state index is 12.1. The number of benzene rings is 4. The zero-order chi connectivity index (χ0) is 28.8. The highest BCUT2D eigenvalue weighted by Gasteiger charge is 2.16. The van der Waals surface area contributed by atoms with Crippen LogP contribution < -0.4 is 18.9 Å². The maximum Gasteiger partial charge on any atom is 0.342 e. The number of hydrogen-bond acceptors (Lipinski definition) is 8. The molecule has 1 heterocycles. The second-order valence-electron chi connectivity index (χ2n) is 8.82. The summed E-state index contributed by atoms with van der Waals surface area (Å²) in [5.41, 5.74) is 2.36. The van der Waals surface area contributed by atoms with Crippen molar-refractivity contribution in [3.8, 4) is 34.4 Å². The normalized spacial score (nSPS) is 11.3. The Kier molecular flexibility index (Phi) is 8.40. The monoisotopic (exact) mass is 569 g/mol. The van der Waals surface area contributed by atoms with Crippen LogP contribution in [0.2, 0.25) is 0 Å². The topological polar surface area (TPSA) is 116 Å². The molecule has 0 aliphatic heterocycles. The minimum Gasteiger partial charge on any atom is -0.497 e. The van der Waals surface area contributed by atoms with Gasteiger partial charge in [0.1, 0.15) is 23.0 Å². The molecule has 0 fully saturated rings. The molecular weight excluding hydrogens is 542 g/mol. The summed E-state index contributed by atoms with van der Waals surface area (Å²) in [5, 5.41) is 19.4. The molecule has 0 atom stereocenters. The van der Waals surface area contributed by atoms with Gasteiger partial charge >= 0.3 is 5.97 Å². The van der Waals surface area contributed by atoms with E-state index in [0.717, 1.165) is 28.1 Å². The second-order valence-corrected chi connectivity index (χ2v) is 9.83. The minimum absolute atomic E-state index is 0.0326. The summed E-state index contributed by atoms with van der Waals surface area (Å²) in [7, 11) is 4.66. The van der Waals surface area contributed by atoms with E-state index in [1.165, 1.54) is 6.08 Å². The predicted molar refractivity (Wildman–Crippen MR) is 158 cm³/mol. The molecule has 0 amide bonds. The lowest BCUT2D eigenvalue weighted by Crippen LogP contribution is -1.99. The van der Waals surface area contributed by atoms with Gasteiger partial charge in [-0.2, -0.15) is 0 Å². The van der Waals surface area contributed by atoms with Crippen molar-refractivity contribution in [2.45, 2.75) is 11.8 Å². The van der Waals surface area contributed by atoms with Crippen molar-refractivity contribution < 1.29 is 28.8 Å². The zero-order valence-corrected chi connectivity index (χ0v) is 23.4. The quantitative estimate of drug-likeness (QED) is 0.137. The van der Waals surface area contributed by atoms with Gasteiger partial charge in [0.15, 0.2) is 17.3 Å². The molecule has 0 aliphatic carbocycles. The molecule has 0 saturated carbocycles. The molecule has 2 N–H and O–H groups in total. The van der Waals surface area contributed by atoms with Gasteiger partial charge in [-0.1, -0.05) is 48.5 Å². The molecule has 208 valence electrons. The summed E-state index contributed by atoms with van der Waals surface area (Å²) >= 11 is 0.927. The first-order chi connectivity index (χ1) is 20.0. The molecule has 5 aromatic rings. The van der Waals surface area contributed by atoms with Crippen LogP contribution in [0, 0.1) is 0 Å². The van der Waals surface area contributed by atoms with Crippen LogP contribution in [0.4, 0.5) is 0 Å².